The number of aromatic nitrogens is 2. The normalized spacial score (nSPS) is 21.5. The van der Waals surface area contributed by atoms with Gasteiger partial charge in [0.25, 0.3) is 5.91 Å². The number of rotatable bonds is 3. The molecule has 3 rings (SSSR count). The molecule has 0 aromatic carbocycles. The lowest BCUT2D eigenvalue weighted by Crippen LogP contribution is -2.48. The monoisotopic (exact) mass is 319 g/mol. The van der Waals surface area contributed by atoms with Crippen molar-refractivity contribution < 1.29 is 9.90 Å². The zero-order valence-electron chi connectivity index (χ0n) is 12.1. The summed E-state index contributed by atoms with van der Waals surface area (Å²) in [5.74, 6) is -0.219. The van der Waals surface area contributed by atoms with E-state index in [0.29, 0.717) is 17.1 Å². The number of amides is 1. The number of aliphatic hydroxyl groups is 1. The number of nitrogens with zero attached hydrogens (tertiary/aromatic N) is 5. The van der Waals surface area contributed by atoms with E-state index in [-0.39, 0.29) is 12.5 Å². The molecule has 0 unspecified atom stereocenters. The molecule has 1 fully saturated rings. The van der Waals surface area contributed by atoms with Crippen molar-refractivity contribution >= 4 is 28.9 Å². The van der Waals surface area contributed by atoms with Crippen LogP contribution in [0.15, 0.2) is 28.2 Å². The smallest absolute Gasteiger partial charge is 0.286 e. The molecule has 0 aliphatic carbocycles. The topological polar surface area (TPSA) is 81.9 Å². The molecule has 0 bridgehead atoms. The molecule has 0 saturated carbocycles. The Labute approximate surface area is 132 Å². The summed E-state index contributed by atoms with van der Waals surface area (Å²) < 4.78 is 0. The minimum absolute atomic E-state index is 0.180. The van der Waals surface area contributed by atoms with Gasteiger partial charge >= 0.3 is 0 Å². The molecule has 1 N–H and O–H groups in total. The van der Waals surface area contributed by atoms with E-state index in [1.807, 2.05) is 0 Å². The maximum Gasteiger partial charge on any atom is 0.286 e. The highest BCUT2D eigenvalue weighted by Crippen LogP contribution is 2.30. The van der Waals surface area contributed by atoms with Gasteiger partial charge in [0.1, 0.15) is 0 Å². The standard InChI is InChI=1S/C14H17N5O2S/c20-9-8-18-4-6-19(7-5-18)14-16-13(21)12(22-14)10-11-2-1-3-15-17-11/h1-3,10,20H,4-9H2/b12-10-. The first-order valence-electron chi connectivity index (χ1n) is 7.15. The van der Waals surface area contributed by atoms with Crippen molar-refractivity contribution in [3.8, 4) is 0 Å². The highest BCUT2D eigenvalue weighted by Gasteiger charge is 2.28. The fourth-order valence-corrected chi connectivity index (χ4v) is 3.31. The van der Waals surface area contributed by atoms with Gasteiger partial charge in [0.2, 0.25) is 0 Å². The Morgan fingerprint density at radius 2 is 2.14 bits per heavy atom. The average molecular weight is 319 g/mol. The van der Waals surface area contributed by atoms with Crippen molar-refractivity contribution in [2.75, 3.05) is 39.3 Å². The number of aliphatic hydroxyl groups excluding tert-OH is 1. The summed E-state index contributed by atoms with van der Waals surface area (Å²) in [7, 11) is 0. The lowest BCUT2D eigenvalue weighted by molar-refractivity contribution is -0.113. The molecule has 3 heterocycles. The van der Waals surface area contributed by atoms with Gasteiger partial charge in [0.15, 0.2) is 5.17 Å². The van der Waals surface area contributed by atoms with Crippen LogP contribution in [0.4, 0.5) is 0 Å². The maximum atomic E-state index is 12.0. The van der Waals surface area contributed by atoms with E-state index >= 15 is 0 Å². The van der Waals surface area contributed by atoms with Crippen molar-refractivity contribution in [1.29, 1.82) is 0 Å². The summed E-state index contributed by atoms with van der Waals surface area (Å²) in [6, 6.07) is 3.59. The van der Waals surface area contributed by atoms with Gasteiger partial charge < -0.3 is 10.0 Å². The molecule has 0 atom stereocenters. The molecule has 22 heavy (non-hydrogen) atoms. The molecule has 1 saturated heterocycles. The highest BCUT2D eigenvalue weighted by molar-refractivity contribution is 8.18. The highest BCUT2D eigenvalue weighted by atomic mass is 32.2. The Hall–Kier alpha value is -1.77. The summed E-state index contributed by atoms with van der Waals surface area (Å²) in [6.07, 6.45) is 3.32. The van der Waals surface area contributed by atoms with Crippen LogP contribution in [-0.4, -0.2) is 75.5 Å². The Bertz CT molecular complexity index is 597. The Morgan fingerprint density at radius 3 is 2.82 bits per heavy atom. The lowest BCUT2D eigenvalue weighted by atomic mass is 10.3. The molecule has 8 heteroatoms. The van der Waals surface area contributed by atoms with Crippen molar-refractivity contribution in [2.45, 2.75) is 0 Å². The first-order valence-corrected chi connectivity index (χ1v) is 7.96. The van der Waals surface area contributed by atoms with Gasteiger partial charge in [0.05, 0.1) is 17.2 Å². The number of carbonyl (C=O) groups excluding carboxylic acids is 1. The van der Waals surface area contributed by atoms with E-state index in [1.54, 1.807) is 24.4 Å². The third-order valence-corrected chi connectivity index (χ3v) is 4.58. The van der Waals surface area contributed by atoms with Crippen LogP contribution in [-0.2, 0) is 4.79 Å². The van der Waals surface area contributed by atoms with E-state index < -0.39 is 0 Å². The van der Waals surface area contributed by atoms with Gasteiger partial charge in [-0.2, -0.15) is 15.2 Å². The van der Waals surface area contributed by atoms with Crippen LogP contribution in [0.25, 0.3) is 6.08 Å². The van der Waals surface area contributed by atoms with E-state index in [1.165, 1.54) is 11.8 Å². The second kappa shape index (κ2) is 6.99. The number of aliphatic imine (C=N–C) groups is 1. The van der Waals surface area contributed by atoms with E-state index in [9.17, 15) is 4.79 Å². The molecule has 2 aliphatic rings. The fraction of sp³-hybridized carbons (Fsp3) is 0.429. The summed E-state index contributed by atoms with van der Waals surface area (Å²) in [5, 5.41) is 17.5. The number of amidine groups is 1. The van der Waals surface area contributed by atoms with E-state index in [0.717, 1.165) is 31.3 Å². The second-order valence-corrected chi connectivity index (χ2v) is 6.02. The Balaban J connectivity index is 1.62. The summed E-state index contributed by atoms with van der Waals surface area (Å²) >= 11 is 1.39. The predicted molar refractivity (Wildman–Crippen MR) is 85.1 cm³/mol. The van der Waals surface area contributed by atoms with Gasteiger partial charge in [-0.15, -0.1) is 0 Å². The van der Waals surface area contributed by atoms with Crippen molar-refractivity contribution in [2.24, 2.45) is 4.99 Å². The molecule has 0 radical (unpaired) electrons. The van der Waals surface area contributed by atoms with Gasteiger partial charge in [-0.1, -0.05) is 0 Å². The predicted octanol–water partition coefficient (Wildman–Crippen LogP) is 0.0568. The van der Waals surface area contributed by atoms with Crippen LogP contribution in [0.2, 0.25) is 0 Å². The second-order valence-electron chi connectivity index (χ2n) is 5.01. The molecule has 7 nitrogen and oxygen atoms in total. The van der Waals surface area contributed by atoms with Gasteiger partial charge in [0, 0.05) is 38.9 Å². The largest absolute Gasteiger partial charge is 0.395 e. The molecule has 1 aromatic heterocycles. The molecule has 2 aliphatic heterocycles. The van der Waals surface area contributed by atoms with Crippen molar-refractivity contribution in [3.05, 3.63) is 28.9 Å². The molecule has 116 valence electrons. The van der Waals surface area contributed by atoms with Gasteiger partial charge in [-0.3, -0.25) is 9.69 Å². The number of piperazine rings is 1. The number of β-amino-alcohol motifs (C(OH)–C–C–N with tert-alkyl or cyclic N) is 1. The van der Waals surface area contributed by atoms with Gasteiger partial charge in [-0.05, 0) is 30.0 Å². The fourth-order valence-electron chi connectivity index (χ4n) is 2.36. The lowest BCUT2D eigenvalue weighted by Gasteiger charge is -2.34. The molecule has 1 aromatic rings. The first kappa shape index (κ1) is 15.1. The zero-order chi connectivity index (χ0) is 15.4. The van der Waals surface area contributed by atoms with Crippen LogP contribution in [0, 0.1) is 0 Å². The molecular weight excluding hydrogens is 302 g/mol. The number of hydrogen-bond donors (Lipinski definition) is 1. The van der Waals surface area contributed by atoms with E-state index in [2.05, 4.69) is 25.0 Å². The number of hydrogen-bond acceptors (Lipinski definition) is 7. The number of thioether (sulfide) groups is 1. The van der Waals surface area contributed by atoms with Crippen molar-refractivity contribution in [3.63, 3.8) is 0 Å². The third-order valence-electron chi connectivity index (χ3n) is 3.54. The summed E-state index contributed by atoms with van der Waals surface area (Å²) in [6.45, 7) is 4.26. The summed E-state index contributed by atoms with van der Waals surface area (Å²) in [5.41, 5.74) is 0.655. The minimum atomic E-state index is -0.219. The Morgan fingerprint density at radius 1 is 1.32 bits per heavy atom. The first-order chi connectivity index (χ1) is 10.8. The van der Waals surface area contributed by atoms with Crippen molar-refractivity contribution in [1.82, 2.24) is 20.0 Å². The third kappa shape index (κ3) is 3.52. The van der Waals surface area contributed by atoms with Crippen LogP contribution in [0.5, 0.6) is 0 Å². The Kier molecular flexibility index (Phi) is 4.81. The van der Waals surface area contributed by atoms with Crippen LogP contribution in [0.3, 0.4) is 0 Å². The number of carbonyl (C=O) groups is 1. The van der Waals surface area contributed by atoms with Gasteiger partial charge in [-0.25, -0.2) is 0 Å². The molecular formula is C14H17N5O2S. The van der Waals surface area contributed by atoms with Crippen LogP contribution < -0.4 is 0 Å². The molecule has 1 amide bonds. The average Bonchev–Trinajstić information content (AvgIpc) is 2.90. The van der Waals surface area contributed by atoms with E-state index in [4.69, 9.17) is 5.11 Å². The minimum Gasteiger partial charge on any atom is -0.395 e. The quantitative estimate of drug-likeness (QED) is 0.789. The van der Waals surface area contributed by atoms with Crippen LogP contribution >= 0.6 is 11.8 Å². The summed E-state index contributed by atoms with van der Waals surface area (Å²) in [4.78, 5) is 21.0. The maximum absolute atomic E-state index is 12.0. The zero-order valence-corrected chi connectivity index (χ0v) is 12.9. The van der Waals surface area contributed by atoms with Crippen LogP contribution in [0.1, 0.15) is 5.69 Å². The SMILES string of the molecule is O=C1N=C(N2CCN(CCO)CC2)S/C1=C\c1cccnn1. The molecule has 0 spiro atoms.